The van der Waals surface area contributed by atoms with Crippen molar-refractivity contribution in [3.63, 3.8) is 0 Å². The molecule has 1 aliphatic heterocycles. The number of primary amides is 1. The third-order valence-electron chi connectivity index (χ3n) is 3.98. The summed E-state index contributed by atoms with van der Waals surface area (Å²) in [6.07, 6.45) is 3.10. The molecule has 0 radical (unpaired) electrons. The smallest absolute Gasteiger partial charge is 0.317 e. The Bertz CT molecular complexity index is 739. The van der Waals surface area contributed by atoms with Crippen molar-refractivity contribution in [2.75, 3.05) is 18.4 Å². The molecule has 1 aromatic heterocycles. The van der Waals surface area contributed by atoms with Gasteiger partial charge in [0.15, 0.2) is 5.69 Å². The number of thiazole rings is 1. The number of nitrogens with zero attached hydrogens (tertiary/aromatic N) is 1. The molecule has 0 bridgehead atoms. The molecular formula is C17H21N5O2S. The van der Waals surface area contributed by atoms with E-state index >= 15 is 0 Å². The molecule has 1 fully saturated rings. The highest BCUT2D eigenvalue weighted by molar-refractivity contribution is 7.19. The molecule has 1 saturated heterocycles. The van der Waals surface area contributed by atoms with Gasteiger partial charge in [0, 0.05) is 18.2 Å². The summed E-state index contributed by atoms with van der Waals surface area (Å²) in [5, 5.41) is 9.85. The van der Waals surface area contributed by atoms with Gasteiger partial charge in [-0.15, -0.1) is 0 Å². The lowest BCUT2D eigenvalue weighted by Crippen LogP contribution is -2.41. The maximum absolute atomic E-state index is 12.7. The van der Waals surface area contributed by atoms with Gasteiger partial charge in [-0.1, -0.05) is 48.1 Å². The van der Waals surface area contributed by atoms with Gasteiger partial charge in [0.05, 0.1) is 0 Å². The van der Waals surface area contributed by atoms with Crippen LogP contribution in [0.3, 0.4) is 0 Å². The van der Waals surface area contributed by atoms with Crippen molar-refractivity contribution in [1.29, 1.82) is 0 Å². The van der Waals surface area contributed by atoms with E-state index in [4.69, 9.17) is 5.73 Å². The summed E-state index contributed by atoms with van der Waals surface area (Å²) in [7, 11) is 0. The molecule has 1 unspecified atom stereocenters. The van der Waals surface area contributed by atoms with Crippen molar-refractivity contribution in [1.82, 2.24) is 15.6 Å². The summed E-state index contributed by atoms with van der Waals surface area (Å²) in [6.45, 7) is 1.70. The lowest BCUT2D eigenvalue weighted by atomic mass is 10.1. The van der Waals surface area contributed by atoms with E-state index < -0.39 is 6.03 Å². The summed E-state index contributed by atoms with van der Waals surface area (Å²) >= 11 is 1.24. The molecule has 132 valence electrons. The SMILES string of the molecule is NC(=O)Nc1sc(-c2ccccc2)nc1C(=O)NC1CCCCNC1. The van der Waals surface area contributed by atoms with Gasteiger partial charge in [0.1, 0.15) is 10.0 Å². The molecule has 25 heavy (non-hydrogen) atoms. The largest absolute Gasteiger partial charge is 0.351 e. The molecule has 3 rings (SSSR count). The minimum atomic E-state index is -0.714. The normalized spacial score (nSPS) is 17.5. The first-order valence-corrected chi connectivity index (χ1v) is 9.09. The predicted octanol–water partition coefficient (Wildman–Crippen LogP) is 2.17. The molecule has 1 atom stereocenters. The minimum Gasteiger partial charge on any atom is -0.351 e. The number of aromatic nitrogens is 1. The van der Waals surface area contributed by atoms with Crippen molar-refractivity contribution >= 4 is 28.3 Å². The van der Waals surface area contributed by atoms with Crippen molar-refractivity contribution in [2.24, 2.45) is 5.73 Å². The third kappa shape index (κ3) is 4.55. The highest BCUT2D eigenvalue weighted by atomic mass is 32.1. The van der Waals surface area contributed by atoms with Gasteiger partial charge < -0.3 is 16.4 Å². The van der Waals surface area contributed by atoms with Crippen LogP contribution in [-0.2, 0) is 0 Å². The standard InChI is InChI=1S/C17H21N5O2S/c18-17(24)22-16-13(14(23)20-12-8-4-5-9-19-10-12)21-15(25-16)11-6-2-1-3-7-11/h1-3,6-7,12,19H,4-5,8-10H2,(H,20,23)(H3,18,22,24). The zero-order valence-corrected chi connectivity index (χ0v) is 14.6. The number of nitrogens with one attached hydrogen (secondary N) is 3. The van der Waals surface area contributed by atoms with Crippen LogP contribution in [0.15, 0.2) is 30.3 Å². The van der Waals surface area contributed by atoms with E-state index in [1.807, 2.05) is 30.3 Å². The average Bonchev–Trinajstić information content (AvgIpc) is 2.84. The predicted molar refractivity (Wildman–Crippen MR) is 98.7 cm³/mol. The quantitative estimate of drug-likeness (QED) is 0.671. The van der Waals surface area contributed by atoms with E-state index in [2.05, 4.69) is 20.9 Å². The molecule has 5 N–H and O–H groups in total. The van der Waals surface area contributed by atoms with Crippen molar-refractivity contribution in [2.45, 2.75) is 25.3 Å². The zero-order chi connectivity index (χ0) is 17.6. The van der Waals surface area contributed by atoms with E-state index in [1.54, 1.807) is 0 Å². The number of carbonyl (C=O) groups excluding carboxylic acids is 2. The maximum atomic E-state index is 12.7. The second-order valence-corrected chi connectivity index (χ2v) is 6.92. The maximum Gasteiger partial charge on any atom is 0.317 e. The second kappa shape index (κ2) is 8.09. The molecule has 1 aromatic carbocycles. The molecule has 8 heteroatoms. The Morgan fingerprint density at radius 3 is 2.80 bits per heavy atom. The molecule has 0 aliphatic carbocycles. The topological polar surface area (TPSA) is 109 Å². The van der Waals surface area contributed by atoms with Crippen LogP contribution in [0, 0.1) is 0 Å². The van der Waals surface area contributed by atoms with E-state index in [9.17, 15) is 9.59 Å². The van der Waals surface area contributed by atoms with E-state index in [-0.39, 0.29) is 17.6 Å². The summed E-state index contributed by atoms with van der Waals surface area (Å²) in [6, 6.07) is 8.86. The molecule has 7 nitrogen and oxygen atoms in total. The summed E-state index contributed by atoms with van der Waals surface area (Å²) < 4.78 is 0. The first kappa shape index (κ1) is 17.4. The number of urea groups is 1. The van der Waals surface area contributed by atoms with Gasteiger partial charge in [-0.2, -0.15) is 0 Å². The highest BCUT2D eigenvalue weighted by Gasteiger charge is 2.23. The number of hydrogen-bond acceptors (Lipinski definition) is 5. The van der Waals surface area contributed by atoms with Crippen LogP contribution in [0.1, 0.15) is 29.8 Å². The number of carbonyl (C=O) groups is 2. The van der Waals surface area contributed by atoms with Crippen LogP contribution in [0.4, 0.5) is 9.80 Å². The number of hydrogen-bond donors (Lipinski definition) is 4. The van der Waals surface area contributed by atoms with Gasteiger partial charge in [0.25, 0.3) is 5.91 Å². The Labute approximate surface area is 150 Å². The van der Waals surface area contributed by atoms with Crippen molar-refractivity contribution in [3.8, 4) is 10.6 Å². The lowest BCUT2D eigenvalue weighted by molar-refractivity contribution is 0.0932. The van der Waals surface area contributed by atoms with E-state index in [0.29, 0.717) is 10.0 Å². The number of rotatable bonds is 4. The molecule has 2 aromatic rings. The number of benzene rings is 1. The van der Waals surface area contributed by atoms with Crippen molar-refractivity contribution in [3.05, 3.63) is 36.0 Å². The molecule has 3 amide bonds. The fraction of sp³-hybridized carbons (Fsp3) is 0.353. The zero-order valence-electron chi connectivity index (χ0n) is 13.7. The first-order chi connectivity index (χ1) is 12.1. The monoisotopic (exact) mass is 359 g/mol. The summed E-state index contributed by atoms with van der Waals surface area (Å²) in [5.41, 5.74) is 6.32. The van der Waals surface area contributed by atoms with Crippen LogP contribution in [0.25, 0.3) is 10.6 Å². The van der Waals surface area contributed by atoms with Gasteiger partial charge in [-0.25, -0.2) is 9.78 Å². The summed E-state index contributed by atoms with van der Waals surface area (Å²) in [4.78, 5) is 28.4. The van der Waals surface area contributed by atoms with Crippen LogP contribution in [0.2, 0.25) is 0 Å². The average molecular weight is 359 g/mol. The van der Waals surface area contributed by atoms with Crippen LogP contribution >= 0.6 is 11.3 Å². The highest BCUT2D eigenvalue weighted by Crippen LogP contribution is 2.32. The number of anilines is 1. The van der Waals surface area contributed by atoms with Gasteiger partial charge >= 0.3 is 6.03 Å². The minimum absolute atomic E-state index is 0.0540. The molecule has 0 saturated carbocycles. The third-order valence-corrected chi connectivity index (χ3v) is 5.00. The van der Waals surface area contributed by atoms with Gasteiger partial charge in [0.2, 0.25) is 0 Å². The van der Waals surface area contributed by atoms with E-state index in [1.165, 1.54) is 11.3 Å². The van der Waals surface area contributed by atoms with Crippen LogP contribution in [-0.4, -0.2) is 36.1 Å². The molecule has 1 aliphatic rings. The Morgan fingerprint density at radius 1 is 1.24 bits per heavy atom. The lowest BCUT2D eigenvalue weighted by Gasteiger charge is -2.15. The second-order valence-electron chi connectivity index (χ2n) is 5.92. The summed E-state index contributed by atoms with van der Waals surface area (Å²) in [5.74, 6) is -0.295. The van der Waals surface area contributed by atoms with Crippen LogP contribution < -0.4 is 21.7 Å². The number of nitrogens with two attached hydrogens (primary N) is 1. The Kier molecular flexibility index (Phi) is 5.62. The molecular weight excluding hydrogens is 338 g/mol. The van der Waals surface area contributed by atoms with Crippen molar-refractivity contribution < 1.29 is 9.59 Å². The fourth-order valence-electron chi connectivity index (χ4n) is 2.77. The molecule has 2 heterocycles. The number of amides is 3. The van der Waals surface area contributed by atoms with Gasteiger partial charge in [-0.3, -0.25) is 10.1 Å². The van der Waals surface area contributed by atoms with Gasteiger partial charge in [-0.05, 0) is 19.4 Å². The van der Waals surface area contributed by atoms with E-state index in [0.717, 1.165) is 37.9 Å². The Balaban J connectivity index is 1.83. The Morgan fingerprint density at radius 2 is 2.04 bits per heavy atom. The fourth-order valence-corrected chi connectivity index (χ4v) is 3.74. The van der Waals surface area contributed by atoms with Crippen LogP contribution in [0.5, 0.6) is 0 Å². The Hall–Kier alpha value is -2.45. The molecule has 0 spiro atoms. The first-order valence-electron chi connectivity index (χ1n) is 8.28.